The molecule has 5 heteroatoms. The van der Waals surface area contributed by atoms with Crippen molar-refractivity contribution in [2.45, 2.75) is 6.92 Å². The van der Waals surface area contributed by atoms with E-state index in [1.807, 2.05) is 6.92 Å². The minimum Gasteiger partial charge on any atom is -0.477 e. The molecule has 0 aromatic carbocycles. The number of nitrogens with one attached hydrogen (secondary N) is 1. The van der Waals surface area contributed by atoms with Crippen molar-refractivity contribution in [2.24, 2.45) is 5.92 Å². The number of aromatic carboxylic acids is 1. The average Bonchev–Trinajstić information content (AvgIpc) is 2.26. The quantitative estimate of drug-likeness (QED) is 0.670. The zero-order valence-corrected chi connectivity index (χ0v) is 8.47. The second-order valence-corrected chi connectivity index (χ2v) is 3.41. The summed E-state index contributed by atoms with van der Waals surface area (Å²) in [5.41, 5.74) is 0.774. The van der Waals surface area contributed by atoms with Crippen LogP contribution in [-0.4, -0.2) is 34.3 Å². The Morgan fingerprint density at radius 1 is 1.60 bits per heavy atom. The minimum absolute atomic E-state index is 0.0238. The highest BCUT2D eigenvalue weighted by molar-refractivity contribution is 5.85. The number of rotatable bonds is 5. The fourth-order valence-electron chi connectivity index (χ4n) is 0.982. The third kappa shape index (κ3) is 3.55. The van der Waals surface area contributed by atoms with Crippen molar-refractivity contribution in [3.8, 4) is 0 Å². The summed E-state index contributed by atoms with van der Waals surface area (Å²) in [6, 6.07) is 3.09. The van der Waals surface area contributed by atoms with Gasteiger partial charge in [-0.25, -0.2) is 9.78 Å². The average molecular weight is 210 g/mol. The maximum atomic E-state index is 10.5. The standard InChI is InChI=1S/C10H14N2O3/c1-7(6-13)4-11-8-2-3-9(10(14)15)12-5-8/h2-3,5,7,11,13H,4,6H2,1H3,(H,14,15). The van der Waals surface area contributed by atoms with Crippen molar-refractivity contribution in [3.63, 3.8) is 0 Å². The third-order valence-corrected chi connectivity index (χ3v) is 1.95. The van der Waals surface area contributed by atoms with E-state index in [1.54, 1.807) is 6.07 Å². The molecule has 0 bridgehead atoms. The summed E-state index contributed by atoms with van der Waals surface area (Å²) in [4.78, 5) is 14.3. The van der Waals surface area contributed by atoms with Gasteiger partial charge in [0, 0.05) is 13.2 Å². The van der Waals surface area contributed by atoms with E-state index in [1.165, 1.54) is 12.3 Å². The number of aromatic nitrogens is 1. The Morgan fingerprint density at radius 2 is 2.33 bits per heavy atom. The Hall–Kier alpha value is -1.62. The smallest absolute Gasteiger partial charge is 0.354 e. The summed E-state index contributed by atoms with van der Waals surface area (Å²) in [5.74, 6) is -0.880. The summed E-state index contributed by atoms with van der Waals surface area (Å²) in [6.45, 7) is 2.66. The molecule has 0 radical (unpaired) electrons. The van der Waals surface area contributed by atoms with E-state index in [9.17, 15) is 4.79 Å². The summed E-state index contributed by atoms with van der Waals surface area (Å²) >= 11 is 0. The molecule has 1 rings (SSSR count). The molecule has 0 saturated carbocycles. The fourth-order valence-corrected chi connectivity index (χ4v) is 0.982. The Labute approximate surface area is 87.8 Å². The normalized spacial score (nSPS) is 12.1. The number of hydrogen-bond acceptors (Lipinski definition) is 4. The molecule has 1 atom stereocenters. The maximum Gasteiger partial charge on any atom is 0.354 e. The number of aliphatic hydroxyl groups excluding tert-OH is 1. The van der Waals surface area contributed by atoms with Crippen LogP contribution in [0.1, 0.15) is 17.4 Å². The minimum atomic E-state index is -1.04. The van der Waals surface area contributed by atoms with E-state index in [0.29, 0.717) is 6.54 Å². The first-order valence-corrected chi connectivity index (χ1v) is 4.67. The van der Waals surface area contributed by atoms with Gasteiger partial charge in [-0.2, -0.15) is 0 Å². The number of aliphatic hydroxyl groups is 1. The molecule has 1 aromatic heterocycles. The zero-order chi connectivity index (χ0) is 11.3. The van der Waals surface area contributed by atoms with E-state index in [4.69, 9.17) is 10.2 Å². The number of carboxylic acids is 1. The molecule has 0 aliphatic heterocycles. The lowest BCUT2D eigenvalue weighted by molar-refractivity contribution is 0.0690. The van der Waals surface area contributed by atoms with E-state index >= 15 is 0 Å². The van der Waals surface area contributed by atoms with Crippen molar-refractivity contribution in [1.82, 2.24) is 4.98 Å². The topological polar surface area (TPSA) is 82.5 Å². The molecule has 0 aliphatic carbocycles. The highest BCUT2D eigenvalue weighted by atomic mass is 16.4. The molecule has 0 amide bonds. The predicted molar refractivity (Wildman–Crippen MR) is 55.9 cm³/mol. The van der Waals surface area contributed by atoms with Crippen molar-refractivity contribution < 1.29 is 15.0 Å². The highest BCUT2D eigenvalue weighted by Crippen LogP contribution is 2.07. The molecule has 82 valence electrons. The van der Waals surface area contributed by atoms with Crippen molar-refractivity contribution in [1.29, 1.82) is 0 Å². The molecule has 1 unspecified atom stereocenters. The van der Waals surface area contributed by atoms with E-state index in [0.717, 1.165) is 5.69 Å². The molecular weight excluding hydrogens is 196 g/mol. The van der Waals surface area contributed by atoms with Gasteiger partial charge < -0.3 is 15.5 Å². The lowest BCUT2D eigenvalue weighted by atomic mass is 10.2. The van der Waals surface area contributed by atoms with Gasteiger partial charge in [0.2, 0.25) is 0 Å². The first-order valence-electron chi connectivity index (χ1n) is 4.67. The summed E-state index contributed by atoms with van der Waals surface area (Å²) in [7, 11) is 0. The van der Waals surface area contributed by atoms with Gasteiger partial charge in [-0.15, -0.1) is 0 Å². The predicted octanol–water partition coefficient (Wildman–Crippen LogP) is 0.820. The number of pyridine rings is 1. The molecule has 15 heavy (non-hydrogen) atoms. The van der Waals surface area contributed by atoms with E-state index in [2.05, 4.69) is 10.3 Å². The Bertz CT molecular complexity index is 324. The van der Waals surface area contributed by atoms with Gasteiger partial charge in [0.05, 0.1) is 11.9 Å². The van der Waals surface area contributed by atoms with Gasteiger partial charge >= 0.3 is 5.97 Å². The van der Waals surface area contributed by atoms with Crippen molar-refractivity contribution in [2.75, 3.05) is 18.5 Å². The van der Waals surface area contributed by atoms with Crippen LogP contribution in [0.5, 0.6) is 0 Å². The molecule has 5 nitrogen and oxygen atoms in total. The van der Waals surface area contributed by atoms with E-state index < -0.39 is 5.97 Å². The molecule has 0 spiro atoms. The second kappa shape index (κ2) is 5.31. The summed E-state index contributed by atoms with van der Waals surface area (Å²) in [6.07, 6.45) is 1.47. The van der Waals surface area contributed by atoms with Crippen LogP contribution in [0.2, 0.25) is 0 Å². The molecule has 0 fully saturated rings. The number of nitrogens with zero attached hydrogens (tertiary/aromatic N) is 1. The molecule has 1 heterocycles. The monoisotopic (exact) mass is 210 g/mol. The molecule has 1 aromatic rings. The zero-order valence-electron chi connectivity index (χ0n) is 8.47. The number of anilines is 1. The number of hydrogen-bond donors (Lipinski definition) is 3. The fraction of sp³-hybridized carbons (Fsp3) is 0.400. The van der Waals surface area contributed by atoms with Gasteiger partial charge in [-0.05, 0) is 18.1 Å². The van der Waals surface area contributed by atoms with Gasteiger partial charge in [-0.3, -0.25) is 0 Å². The van der Waals surface area contributed by atoms with Gasteiger partial charge in [-0.1, -0.05) is 6.92 Å². The van der Waals surface area contributed by atoms with Crippen LogP contribution in [0.3, 0.4) is 0 Å². The lowest BCUT2D eigenvalue weighted by Gasteiger charge is -2.10. The van der Waals surface area contributed by atoms with Crippen LogP contribution < -0.4 is 5.32 Å². The molecule has 0 aliphatic rings. The van der Waals surface area contributed by atoms with Crippen molar-refractivity contribution >= 4 is 11.7 Å². The summed E-state index contributed by atoms with van der Waals surface area (Å²) in [5, 5.41) is 20.5. The third-order valence-electron chi connectivity index (χ3n) is 1.95. The maximum absolute atomic E-state index is 10.5. The van der Waals surface area contributed by atoms with Crippen molar-refractivity contribution in [3.05, 3.63) is 24.0 Å². The first kappa shape index (κ1) is 11.5. The lowest BCUT2D eigenvalue weighted by Crippen LogP contribution is -2.14. The van der Waals surface area contributed by atoms with Gasteiger partial charge in [0.25, 0.3) is 0 Å². The summed E-state index contributed by atoms with van der Waals surface area (Å²) < 4.78 is 0. The second-order valence-electron chi connectivity index (χ2n) is 3.41. The Kier molecular flexibility index (Phi) is 4.05. The SMILES string of the molecule is CC(CO)CNc1ccc(C(=O)O)nc1. The van der Waals surface area contributed by atoms with Crippen LogP contribution in [0.4, 0.5) is 5.69 Å². The van der Waals surface area contributed by atoms with E-state index in [-0.39, 0.29) is 18.2 Å². The van der Waals surface area contributed by atoms with Crippen LogP contribution in [0.25, 0.3) is 0 Å². The number of carbonyl (C=O) groups is 1. The molecular formula is C10H14N2O3. The Balaban J connectivity index is 2.53. The van der Waals surface area contributed by atoms with Crippen LogP contribution in [-0.2, 0) is 0 Å². The molecule has 0 saturated heterocycles. The highest BCUT2D eigenvalue weighted by Gasteiger charge is 2.04. The van der Waals surface area contributed by atoms with Gasteiger partial charge in [0.15, 0.2) is 0 Å². The molecule has 3 N–H and O–H groups in total. The van der Waals surface area contributed by atoms with Crippen LogP contribution in [0.15, 0.2) is 18.3 Å². The van der Waals surface area contributed by atoms with Crippen LogP contribution >= 0.6 is 0 Å². The Morgan fingerprint density at radius 3 is 2.80 bits per heavy atom. The first-order chi connectivity index (χ1) is 7.13. The number of carboxylic acid groups (broad SMARTS) is 1. The largest absolute Gasteiger partial charge is 0.477 e. The van der Waals surface area contributed by atoms with Gasteiger partial charge in [0.1, 0.15) is 5.69 Å². The van der Waals surface area contributed by atoms with Crippen LogP contribution in [0, 0.1) is 5.92 Å².